The molecule has 0 aromatic rings. The van der Waals surface area contributed by atoms with E-state index in [9.17, 15) is 18.0 Å². The Hall–Kier alpha value is -1.66. The molecule has 0 bridgehead atoms. The third kappa shape index (κ3) is 5.54. The maximum Gasteiger partial charge on any atom is 0.389 e. The van der Waals surface area contributed by atoms with E-state index in [1.54, 1.807) is 12.2 Å². The molecule has 0 radical (unpaired) electrons. The Morgan fingerprint density at radius 2 is 1.90 bits per heavy atom. The summed E-state index contributed by atoms with van der Waals surface area (Å²) in [4.78, 5) is 13.1. The maximum absolute atomic E-state index is 12.1. The molecule has 1 rings (SSSR count). The second-order valence-electron chi connectivity index (χ2n) is 4.82. The summed E-state index contributed by atoms with van der Waals surface area (Å²) in [6.45, 7) is 0.893. The molecule has 1 saturated heterocycles. The van der Waals surface area contributed by atoms with Crippen LogP contribution in [0.2, 0.25) is 0 Å². The van der Waals surface area contributed by atoms with Crippen molar-refractivity contribution in [3.05, 3.63) is 24.0 Å². The van der Waals surface area contributed by atoms with Crippen molar-refractivity contribution in [3.63, 3.8) is 0 Å². The van der Waals surface area contributed by atoms with E-state index < -0.39 is 24.9 Å². The number of likely N-dealkylation sites (tertiary alicyclic amines) is 1. The Kier molecular flexibility index (Phi) is 5.91. The van der Waals surface area contributed by atoms with E-state index >= 15 is 0 Å². The quantitative estimate of drug-likeness (QED) is 0.777. The summed E-state index contributed by atoms with van der Waals surface area (Å²) < 4.78 is 36.2. The monoisotopic (exact) mass is 291 g/mol. The number of carbonyl (C=O) groups excluding carboxylic acids is 1. The molecule has 0 aromatic heterocycles. The first-order valence-corrected chi connectivity index (χ1v) is 6.52. The van der Waals surface area contributed by atoms with Crippen LogP contribution in [0.5, 0.6) is 0 Å². The molecule has 4 N–H and O–H groups in total. The smallest absolute Gasteiger partial charge is 0.389 e. The van der Waals surface area contributed by atoms with Crippen LogP contribution in [-0.2, 0) is 4.79 Å². The second-order valence-corrected chi connectivity index (χ2v) is 4.82. The molecule has 1 aliphatic rings. The number of hydrogen-bond acceptors (Lipinski definition) is 3. The molecule has 0 spiro atoms. The third-order valence-corrected chi connectivity index (χ3v) is 3.34. The van der Waals surface area contributed by atoms with E-state index in [-0.39, 0.29) is 5.92 Å². The number of carbonyl (C=O) groups is 1. The zero-order valence-corrected chi connectivity index (χ0v) is 11.2. The van der Waals surface area contributed by atoms with Crippen LogP contribution in [0.25, 0.3) is 0 Å². The van der Waals surface area contributed by atoms with E-state index in [0.717, 1.165) is 0 Å². The summed E-state index contributed by atoms with van der Waals surface area (Å²) in [6.07, 6.45) is 0.238. The maximum atomic E-state index is 12.1. The Morgan fingerprint density at radius 1 is 1.30 bits per heavy atom. The molecule has 1 fully saturated rings. The van der Waals surface area contributed by atoms with Crippen molar-refractivity contribution in [2.75, 3.05) is 13.1 Å². The highest BCUT2D eigenvalue weighted by Crippen LogP contribution is 2.25. The van der Waals surface area contributed by atoms with Crippen molar-refractivity contribution >= 4 is 5.91 Å². The molecule has 0 saturated carbocycles. The van der Waals surface area contributed by atoms with Gasteiger partial charge in [0.2, 0.25) is 5.91 Å². The van der Waals surface area contributed by atoms with Crippen LogP contribution in [0, 0.1) is 5.92 Å². The van der Waals surface area contributed by atoms with Crippen molar-refractivity contribution in [3.8, 4) is 0 Å². The van der Waals surface area contributed by atoms with E-state index in [4.69, 9.17) is 11.5 Å². The van der Waals surface area contributed by atoms with Crippen molar-refractivity contribution < 1.29 is 18.0 Å². The zero-order valence-electron chi connectivity index (χ0n) is 11.2. The van der Waals surface area contributed by atoms with Gasteiger partial charge in [0.25, 0.3) is 0 Å². The lowest BCUT2D eigenvalue weighted by molar-refractivity contribution is -0.149. The van der Waals surface area contributed by atoms with E-state index in [2.05, 4.69) is 0 Å². The number of nitrogens with zero attached hydrogens (tertiary/aromatic N) is 1. The van der Waals surface area contributed by atoms with Gasteiger partial charge in [-0.2, -0.15) is 13.2 Å². The van der Waals surface area contributed by atoms with Crippen LogP contribution in [-0.4, -0.2) is 30.1 Å². The van der Waals surface area contributed by atoms with Gasteiger partial charge in [-0.1, -0.05) is 0 Å². The molecule has 114 valence electrons. The Bertz CT molecular complexity index is 383. The number of rotatable bonds is 4. The lowest BCUT2D eigenvalue weighted by atomic mass is 9.93. The molecule has 0 unspecified atom stereocenters. The van der Waals surface area contributed by atoms with Gasteiger partial charge in [-0.25, -0.2) is 0 Å². The number of allylic oxidation sites excluding steroid dienone is 3. The first-order valence-electron chi connectivity index (χ1n) is 6.52. The summed E-state index contributed by atoms with van der Waals surface area (Å²) in [7, 11) is 0. The van der Waals surface area contributed by atoms with Gasteiger partial charge in [0.15, 0.2) is 0 Å². The number of nitrogens with two attached hydrogens (primary N) is 2. The van der Waals surface area contributed by atoms with Gasteiger partial charge in [-0.15, -0.1) is 0 Å². The second kappa shape index (κ2) is 7.21. The number of hydrogen-bond donors (Lipinski definition) is 2. The third-order valence-electron chi connectivity index (χ3n) is 3.34. The van der Waals surface area contributed by atoms with Crippen LogP contribution in [0.4, 0.5) is 13.2 Å². The van der Waals surface area contributed by atoms with Crippen LogP contribution >= 0.6 is 0 Å². The molecule has 1 heterocycles. The number of amides is 1. The van der Waals surface area contributed by atoms with E-state index in [1.165, 1.54) is 11.1 Å². The summed E-state index contributed by atoms with van der Waals surface area (Å²) in [5.41, 5.74) is 11.8. The van der Waals surface area contributed by atoms with Crippen molar-refractivity contribution in [2.24, 2.45) is 17.4 Å². The fraction of sp³-hybridized carbons (Fsp3) is 0.615. The number of halogens is 3. The Balaban J connectivity index is 2.40. The number of piperidine rings is 1. The number of alkyl halides is 3. The Labute approximate surface area is 116 Å². The average Bonchev–Trinajstić information content (AvgIpc) is 2.41. The summed E-state index contributed by atoms with van der Waals surface area (Å²) in [5.74, 6) is -0.289. The Morgan fingerprint density at radius 3 is 2.40 bits per heavy atom. The minimum absolute atomic E-state index is 0.151. The van der Waals surface area contributed by atoms with Crippen molar-refractivity contribution in [1.29, 1.82) is 0 Å². The van der Waals surface area contributed by atoms with Gasteiger partial charge in [0.1, 0.15) is 0 Å². The van der Waals surface area contributed by atoms with Gasteiger partial charge in [-0.05, 0) is 31.2 Å². The summed E-state index contributed by atoms with van der Waals surface area (Å²) in [6, 6.07) is 0. The minimum atomic E-state index is -4.28. The highest BCUT2D eigenvalue weighted by molar-refractivity contribution is 5.76. The molecule has 4 nitrogen and oxygen atoms in total. The normalized spacial score (nSPS) is 18.8. The van der Waals surface area contributed by atoms with Gasteiger partial charge in [0, 0.05) is 31.1 Å². The molecular formula is C13H20F3N3O. The summed E-state index contributed by atoms with van der Waals surface area (Å²) >= 11 is 0. The SMILES string of the molecule is N/C=C\C=C(/N)C1CCN(C(=O)CCC(F)(F)F)CC1. The van der Waals surface area contributed by atoms with E-state index in [0.29, 0.717) is 31.6 Å². The van der Waals surface area contributed by atoms with Gasteiger partial charge < -0.3 is 16.4 Å². The highest BCUT2D eigenvalue weighted by atomic mass is 19.4. The predicted molar refractivity (Wildman–Crippen MR) is 70.2 cm³/mol. The first-order chi connectivity index (χ1) is 9.33. The highest BCUT2D eigenvalue weighted by Gasteiger charge is 2.30. The van der Waals surface area contributed by atoms with Crippen LogP contribution in [0.3, 0.4) is 0 Å². The topological polar surface area (TPSA) is 72.3 Å². The van der Waals surface area contributed by atoms with Crippen molar-refractivity contribution in [1.82, 2.24) is 4.90 Å². The minimum Gasteiger partial charge on any atom is -0.405 e. The van der Waals surface area contributed by atoms with Crippen LogP contribution in [0.1, 0.15) is 25.7 Å². The standard InChI is InChI=1S/C13H20F3N3O/c14-13(15,16)6-3-12(20)19-8-4-10(5-9-19)11(18)2-1-7-17/h1-2,7,10H,3-6,8-9,17-18H2/b7-1-,11-2-. The van der Waals surface area contributed by atoms with Crippen molar-refractivity contribution in [2.45, 2.75) is 31.9 Å². The first kappa shape index (κ1) is 16.4. The molecule has 0 aromatic carbocycles. The lowest BCUT2D eigenvalue weighted by Gasteiger charge is -2.32. The molecule has 0 atom stereocenters. The van der Waals surface area contributed by atoms with Crippen LogP contribution in [0.15, 0.2) is 24.0 Å². The zero-order chi connectivity index (χ0) is 15.2. The molecule has 20 heavy (non-hydrogen) atoms. The molecule has 0 aliphatic carbocycles. The molecular weight excluding hydrogens is 271 g/mol. The molecule has 1 amide bonds. The fourth-order valence-electron chi connectivity index (χ4n) is 2.17. The fourth-order valence-corrected chi connectivity index (χ4v) is 2.17. The predicted octanol–water partition coefficient (Wildman–Crippen LogP) is 1.88. The van der Waals surface area contributed by atoms with Crippen LogP contribution < -0.4 is 11.5 Å². The summed E-state index contributed by atoms with van der Waals surface area (Å²) in [5, 5.41) is 0. The largest absolute Gasteiger partial charge is 0.405 e. The molecule has 7 heteroatoms. The van der Waals surface area contributed by atoms with Gasteiger partial charge >= 0.3 is 6.18 Å². The molecule has 1 aliphatic heterocycles. The average molecular weight is 291 g/mol. The lowest BCUT2D eigenvalue weighted by Crippen LogP contribution is -2.39. The van der Waals surface area contributed by atoms with Gasteiger partial charge in [0.05, 0.1) is 6.42 Å². The van der Waals surface area contributed by atoms with Gasteiger partial charge in [-0.3, -0.25) is 4.79 Å². The van der Waals surface area contributed by atoms with E-state index in [1.807, 2.05) is 0 Å².